The molecule has 2 rings (SSSR count). The predicted octanol–water partition coefficient (Wildman–Crippen LogP) is 1.29. The lowest BCUT2D eigenvalue weighted by atomic mass is 10.0. The Labute approximate surface area is 91.3 Å². The van der Waals surface area contributed by atoms with Crippen LogP contribution >= 0.6 is 0 Å². The molecule has 2 atom stereocenters. The van der Waals surface area contributed by atoms with Crippen molar-refractivity contribution < 1.29 is 4.79 Å². The molecule has 0 spiro atoms. The van der Waals surface area contributed by atoms with Crippen molar-refractivity contribution in [3.05, 3.63) is 11.6 Å². The molecule has 3 heteroatoms. The number of amides is 1. The van der Waals surface area contributed by atoms with E-state index in [1.807, 2.05) is 4.90 Å². The number of nitrogens with two attached hydrogens (primary N) is 1. The Morgan fingerprint density at radius 1 is 1.53 bits per heavy atom. The van der Waals surface area contributed by atoms with Crippen LogP contribution in [0.1, 0.15) is 32.6 Å². The Balaban J connectivity index is 1.91. The summed E-state index contributed by atoms with van der Waals surface area (Å²) in [4.78, 5) is 14.1. The van der Waals surface area contributed by atoms with Crippen molar-refractivity contribution in [2.45, 2.75) is 38.6 Å². The summed E-state index contributed by atoms with van der Waals surface area (Å²) < 4.78 is 0. The molecule has 1 aliphatic carbocycles. The third-order valence-corrected chi connectivity index (χ3v) is 3.57. The maximum atomic E-state index is 12.1. The van der Waals surface area contributed by atoms with Gasteiger partial charge in [0.25, 0.3) is 0 Å². The van der Waals surface area contributed by atoms with E-state index >= 15 is 0 Å². The van der Waals surface area contributed by atoms with E-state index in [1.165, 1.54) is 5.57 Å². The van der Waals surface area contributed by atoms with Crippen molar-refractivity contribution in [2.24, 2.45) is 11.7 Å². The first-order valence-electron chi connectivity index (χ1n) is 5.87. The van der Waals surface area contributed by atoms with Crippen molar-refractivity contribution in [1.82, 2.24) is 4.90 Å². The number of nitrogens with zero attached hydrogens (tertiary/aromatic N) is 1. The van der Waals surface area contributed by atoms with Gasteiger partial charge in [-0.15, -0.1) is 0 Å². The summed E-state index contributed by atoms with van der Waals surface area (Å²) in [6.45, 7) is 3.83. The molecule has 0 radical (unpaired) electrons. The molecule has 1 heterocycles. The third-order valence-electron chi connectivity index (χ3n) is 3.57. The molecule has 1 amide bonds. The van der Waals surface area contributed by atoms with E-state index in [-0.39, 0.29) is 12.0 Å². The van der Waals surface area contributed by atoms with Crippen LogP contribution in [0, 0.1) is 5.92 Å². The number of hydrogen-bond acceptors (Lipinski definition) is 2. The van der Waals surface area contributed by atoms with Crippen molar-refractivity contribution in [1.29, 1.82) is 0 Å². The van der Waals surface area contributed by atoms with Crippen molar-refractivity contribution in [2.75, 3.05) is 13.1 Å². The Kier molecular flexibility index (Phi) is 3.10. The maximum absolute atomic E-state index is 12.1. The maximum Gasteiger partial charge on any atom is 0.226 e. The average Bonchev–Trinajstić information content (AvgIpc) is 2.65. The van der Waals surface area contributed by atoms with Crippen LogP contribution < -0.4 is 5.73 Å². The summed E-state index contributed by atoms with van der Waals surface area (Å²) in [6.07, 6.45) is 6.08. The van der Waals surface area contributed by atoms with Gasteiger partial charge in [0.05, 0.1) is 0 Å². The monoisotopic (exact) mass is 208 g/mol. The molecule has 0 saturated heterocycles. The van der Waals surface area contributed by atoms with Crippen molar-refractivity contribution in [3.8, 4) is 0 Å². The highest BCUT2D eigenvalue weighted by atomic mass is 16.2. The van der Waals surface area contributed by atoms with Crippen LogP contribution in [0.15, 0.2) is 11.6 Å². The van der Waals surface area contributed by atoms with Crippen LogP contribution in [-0.4, -0.2) is 29.9 Å². The van der Waals surface area contributed by atoms with Crippen LogP contribution in [0.3, 0.4) is 0 Å². The molecular weight excluding hydrogens is 188 g/mol. The highest BCUT2D eigenvalue weighted by Crippen LogP contribution is 2.26. The van der Waals surface area contributed by atoms with E-state index in [1.54, 1.807) is 0 Å². The molecule has 1 saturated carbocycles. The van der Waals surface area contributed by atoms with Crippen LogP contribution in [0.2, 0.25) is 0 Å². The first kappa shape index (κ1) is 10.7. The molecule has 15 heavy (non-hydrogen) atoms. The van der Waals surface area contributed by atoms with Gasteiger partial charge in [0.15, 0.2) is 0 Å². The molecule has 0 aromatic heterocycles. The van der Waals surface area contributed by atoms with E-state index in [9.17, 15) is 4.79 Å². The van der Waals surface area contributed by atoms with Gasteiger partial charge in [-0.1, -0.05) is 11.6 Å². The van der Waals surface area contributed by atoms with Gasteiger partial charge in [-0.2, -0.15) is 0 Å². The lowest BCUT2D eigenvalue weighted by molar-refractivity contribution is -0.135. The Hall–Kier alpha value is -0.830. The van der Waals surface area contributed by atoms with E-state index < -0.39 is 0 Å². The van der Waals surface area contributed by atoms with Gasteiger partial charge in [-0.25, -0.2) is 0 Å². The van der Waals surface area contributed by atoms with Gasteiger partial charge < -0.3 is 10.6 Å². The minimum absolute atomic E-state index is 0.201. The molecular formula is C12H20N2O. The largest absolute Gasteiger partial charge is 0.338 e. The second-order valence-corrected chi connectivity index (χ2v) is 4.85. The van der Waals surface area contributed by atoms with Gasteiger partial charge in [0.2, 0.25) is 5.91 Å². The van der Waals surface area contributed by atoms with E-state index in [4.69, 9.17) is 5.73 Å². The lowest BCUT2D eigenvalue weighted by Gasteiger charge is -2.28. The minimum atomic E-state index is 0.201. The first-order chi connectivity index (χ1) is 7.16. The number of carbonyl (C=O) groups is 1. The normalized spacial score (nSPS) is 31.6. The molecule has 2 N–H and O–H groups in total. The summed E-state index contributed by atoms with van der Waals surface area (Å²) in [5, 5.41) is 0. The van der Waals surface area contributed by atoms with Crippen LogP contribution in [-0.2, 0) is 4.79 Å². The fraction of sp³-hybridized carbons (Fsp3) is 0.750. The molecule has 2 aliphatic rings. The second kappa shape index (κ2) is 4.35. The second-order valence-electron chi connectivity index (χ2n) is 4.85. The van der Waals surface area contributed by atoms with Crippen LogP contribution in [0.5, 0.6) is 0 Å². The summed E-state index contributed by atoms with van der Waals surface area (Å²) in [7, 11) is 0. The molecule has 84 valence electrons. The molecule has 0 bridgehead atoms. The lowest BCUT2D eigenvalue weighted by Crippen LogP contribution is -2.38. The minimum Gasteiger partial charge on any atom is -0.338 e. The van der Waals surface area contributed by atoms with E-state index in [2.05, 4.69) is 13.0 Å². The fourth-order valence-corrected chi connectivity index (χ4v) is 2.47. The predicted molar refractivity (Wildman–Crippen MR) is 60.3 cm³/mol. The SMILES string of the molecule is CC1=CCN(C(=O)C2CCC(N)C2)CC1. The zero-order valence-electron chi connectivity index (χ0n) is 9.41. The Bertz CT molecular complexity index is 285. The quantitative estimate of drug-likeness (QED) is 0.660. The van der Waals surface area contributed by atoms with Gasteiger partial charge in [-0.3, -0.25) is 4.79 Å². The summed E-state index contributed by atoms with van der Waals surface area (Å²) in [6, 6.07) is 0.251. The molecule has 2 unspecified atom stereocenters. The van der Waals surface area contributed by atoms with Gasteiger partial charge in [0.1, 0.15) is 0 Å². The topological polar surface area (TPSA) is 46.3 Å². The van der Waals surface area contributed by atoms with Crippen LogP contribution in [0.4, 0.5) is 0 Å². The number of carbonyl (C=O) groups excluding carboxylic acids is 1. The molecule has 0 aromatic carbocycles. The molecule has 3 nitrogen and oxygen atoms in total. The average molecular weight is 208 g/mol. The van der Waals surface area contributed by atoms with E-state index in [0.717, 1.165) is 38.8 Å². The van der Waals surface area contributed by atoms with E-state index in [0.29, 0.717) is 5.91 Å². The summed E-state index contributed by atoms with van der Waals surface area (Å²) in [5.41, 5.74) is 7.24. The Morgan fingerprint density at radius 3 is 2.87 bits per heavy atom. The third kappa shape index (κ3) is 2.40. The van der Waals surface area contributed by atoms with Gasteiger partial charge >= 0.3 is 0 Å². The Morgan fingerprint density at radius 2 is 2.33 bits per heavy atom. The zero-order chi connectivity index (χ0) is 10.8. The molecule has 1 aliphatic heterocycles. The van der Waals surface area contributed by atoms with Crippen molar-refractivity contribution >= 4 is 5.91 Å². The van der Waals surface area contributed by atoms with Crippen LogP contribution in [0.25, 0.3) is 0 Å². The highest BCUT2D eigenvalue weighted by molar-refractivity contribution is 5.79. The van der Waals surface area contributed by atoms with Gasteiger partial charge in [0, 0.05) is 25.0 Å². The van der Waals surface area contributed by atoms with Crippen molar-refractivity contribution in [3.63, 3.8) is 0 Å². The first-order valence-corrected chi connectivity index (χ1v) is 5.87. The molecule has 1 fully saturated rings. The summed E-state index contributed by atoms with van der Waals surface area (Å²) in [5.74, 6) is 0.526. The smallest absolute Gasteiger partial charge is 0.226 e. The highest BCUT2D eigenvalue weighted by Gasteiger charge is 2.31. The number of rotatable bonds is 1. The number of hydrogen-bond donors (Lipinski definition) is 1. The van der Waals surface area contributed by atoms with Gasteiger partial charge in [-0.05, 0) is 32.6 Å². The zero-order valence-corrected chi connectivity index (χ0v) is 9.41. The fourth-order valence-electron chi connectivity index (χ4n) is 2.47. The summed E-state index contributed by atoms with van der Waals surface area (Å²) >= 11 is 0. The standard InChI is InChI=1S/C12H20N2O/c1-9-4-6-14(7-5-9)12(15)10-2-3-11(13)8-10/h4,10-11H,2-3,5-8,13H2,1H3. The molecule has 0 aromatic rings.